The van der Waals surface area contributed by atoms with Crippen molar-refractivity contribution in [2.24, 2.45) is 0 Å². The van der Waals surface area contributed by atoms with Crippen molar-refractivity contribution >= 4 is 70.8 Å². The maximum atomic E-state index is 5.94. The lowest BCUT2D eigenvalue weighted by Gasteiger charge is -2.24. The molecule has 0 saturated carbocycles. The van der Waals surface area contributed by atoms with Gasteiger partial charge >= 0.3 is 0 Å². The van der Waals surface area contributed by atoms with Crippen LogP contribution in [0.25, 0.3) is 0 Å². The molecule has 0 spiro atoms. The largest absolute Gasteiger partial charge is 0.490 e. The number of aryl methyl sites for hydroxylation is 1. The summed E-state index contributed by atoms with van der Waals surface area (Å²) in [6, 6.07) is 8.31. The normalized spacial score (nSPS) is 12.4. The first-order chi connectivity index (χ1) is 9.90. The highest BCUT2D eigenvalue weighted by atomic mass is 16.5. The third-order valence-electron chi connectivity index (χ3n) is 4.95. The zero-order valence-electron chi connectivity index (χ0n) is 14.4. The Balaban J connectivity index is 1.89. The van der Waals surface area contributed by atoms with Gasteiger partial charge in [-0.15, -0.1) is 5.98 Å². The van der Waals surface area contributed by atoms with Gasteiger partial charge in [0.15, 0.2) is 0 Å². The van der Waals surface area contributed by atoms with Crippen molar-refractivity contribution in [1.29, 1.82) is 0 Å². The zero-order chi connectivity index (χ0) is 15.6. The summed E-state index contributed by atoms with van der Waals surface area (Å²) in [6.45, 7) is 3.51. The first kappa shape index (κ1) is 16.8. The molecule has 0 saturated heterocycles. The van der Waals surface area contributed by atoms with Crippen molar-refractivity contribution in [3.63, 3.8) is 0 Å². The monoisotopic (exact) mass is 266 g/mol. The van der Waals surface area contributed by atoms with Gasteiger partial charge in [0.1, 0.15) is 19.0 Å². The van der Waals surface area contributed by atoms with E-state index in [1.54, 1.807) is 0 Å². The molecule has 0 bridgehead atoms. The van der Waals surface area contributed by atoms with Crippen molar-refractivity contribution in [2.75, 3.05) is 6.61 Å². The topological polar surface area (TPSA) is 9.23 Å². The van der Waals surface area contributed by atoms with Gasteiger partial charge in [0.05, 0.1) is 38.7 Å². The second-order valence-corrected chi connectivity index (χ2v) is 7.30. The molecule has 11 heteroatoms. The fourth-order valence-electron chi connectivity index (χ4n) is 3.35. The minimum atomic E-state index is 0.659. The van der Waals surface area contributed by atoms with Crippen LogP contribution in [0.4, 0.5) is 0 Å². The van der Waals surface area contributed by atoms with Crippen LogP contribution in [0.5, 0.6) is 5.75 Å². The van der Waals surface area contributed by atoms with E-state index in [4.69, 9.17) is 4.74 Å². The molecular formula is C10H20B10O. The Morgan fingerprint density at radius 3 is 2.38 bits per heavy atom. The van der Waals surface area contributed by atoms with E-state index in [0.717, 1.165) is 37.9 Å². The highest BCUT2D eigenvalue weighted by molar-refractivity contribution is 8.01. The molecule has 0 atom stereocenters. The minimum absolute atomic E-state index is 0.659. The fraction of sp³-hybridized carbons (Fsp3) is 0.200. The lowest BCUT2D eigenvalue weighted by atomic mass is 8.57. The van der Waals surface area contributed by atoms with Crippen molar-refractivity contribution < 1.29 is 4.74 Å². The van der Waals surface area contributed by atoms with Crippen molar-refractivity contribution in [3.05, 3.63) is 41.3 Å². The molecule has 0 fully saturated rings. The second-order valence-electron chi connectivity index (χ2n) is 7.30. The van der Waals surface area contributed by atoms with Gasteiger partial charge in [-0.25, -0.2) is 0 Å². The lowest BCUT2D eigenvalue weighted by Crippen LogP contribution is -2.64. The van der Waals surface area contributed by atoms with Crippen LogP contribution in [0, 0.1) is 6.92 Å². The molecule has 0 radical (unpaired) electrons. The highest BCUT2D eigenvalue weighted by Gasteiger charge is 2.44. The molecular weight excluding hydrogens is 244 g/mol. The molecule has 2 rings (SSSR count). The van der Waals surface area contributed by atoms with E-state index in [2.05, 4.69) is 69.8 Å². The Kier molecular flexibility index (Phi) is 5.68. The maximum Gasteiger partial charge on any atom is 0.148 e. The van der Waals surface area contributed by atoms with Crippen LogP contribution in [0.15, 0.2) is 35.7 Å². The Labute approximate surface area is 136 Å². The van der Waals surface area contributed by atoms with E-state index < -0.39 is 0 Å². The summed E-state index contributed by atoms with van der Waals surface area (Å²) in [5, 5.41) is 0. The first-order valence-electron chi connectivity index (χ1n) is 8.30. The van der Waals surface area contributed by atoms with Gasteiger partial charge in [-0.3, -0.25) is 0 Å². The molecule has 0 aliphatic carbocycles. The van der Waals surface area contributed by atoms with Gasteiger partial charge in [-0.2, -0.15) is 0 Å². The van der Waals surface area contributed by atoms with E-state index >= 15 is 0 Å². The average Bonchev–Trinajstić information content (AvgIpc) is 3.15. The SMILES string of the molecule is BB(B)B(B)B(B(B)B)B1C=C1COc1cccc(C)c1. The van der Waals surface area contributed by atoms with E-state index in [1.807, 2.05) is 6.07 Å². The van der Waals surface area contributed by atoms with Crippen LogP contribution >= 0.6 is 0 Å². The molecule has 1 nitrogen and oxygen atoms in total. The van der Waals surface area contributed by atoms with Gasteiger partial charge in [0, 0.05) is 25.5 Å². The van der Waals surface area contributed by atoms with Crippen molar-refractivity contribution in [1.82, 2.24) is 0 Å². The summed E-state index contributed by atoms with van der Waals surface area (Å²) >= 11 is 0. The summed E-state index contributed by atoms with van der Waals surface area (Å²) in [7, 11) is 11.8. The molecule has 0 unspecified atom stereocenters. The van der Waals surface area contributed by atoms with Crippen LogP contribution in [0.2, 0.25) is 0 Å². The van der Waals surface area contributed by atoms with Crippen LogP contribution in [0.1, 0.15) is 5.56 Å². The maximum absolute atomic E-state index is 5.94. The summed E-state index contributed by atoms with van der Waals surface area (Å²) in [6.07, 6.45) is 2.97. The smallest absolute Gasteiger partial charge is 0.148 e. The van der Waals surface area contributed by atoms with E-state index in [9.17, 15) is 0 Å². The van der Waals surface area contributed by atoms with Gasteiger partial charge in [-0.1, -0.05) is 17.6 Å². The number of hydrogen-bond donors (Lipinski definition) is 0. The van der Waals surface area contributed by atoms with E-state index in [-0.39, 0.29) is 0 Å². The zero-order valence-corrected chi connectivity index (χ0v) is 14.4. The molecule has 1 heterocycles. The third-order valence-corrected chi connectivity index (χ3v) is 4.95. The standard InChI is InChI=1S/C10H20B10O/c1-8-3-2-4-10(5-8)21-7-9-6-16(9)20(18(13)14)19(15)17(11)12/h2-6H,7,11-15H2,1H3. The van der Waals surface area contributed by atoms with E-state index in [0.29, 0.717) is 6.60 Å². The quantitative estimate of drug-likeness (QED) is 0.454. The van der Waals surface area contributed by atoms with Crippen LogP contribution in [-0.4, -0.2) is 77.4 Å². The predicted molar refractivity (Wildman–Crippen MR) is 116 cm³/mol. The second kappa shape index (κ2) is 7.11. The molecule has 1 aliphatic rings. The van der Waals surface area contributed by atoms with Gasteiger partial charge in [-0.05, 0) is 24.6 Å². The molecule has 1 aliphatic heterocycles. The summed E-state index contributed by atoms with van der Waals surface area (Å²) < 4.78 is 5.94. The van der Waals surface area contributed by atoms with Crippen LogP contribution in [0.3, 0.4) is 0 Å². The van der Waals surface area contributed by atoms with Gasteiger partial charge in [0.25, 0.3) is 0 Å². The lowest BCUT2D eigenvalue weighted by molar-refractivity contribution is 0.360. The highest BCUT2D eigenvalue weighted by Crippen LogP contribution is 2.24. The molecule has 1 aromatic carbocycles. The van der Waals surface area contributed by atoms with Crippen molar-refractivity contribution in [3.8, 4) is 5.75 Å². The Morgan fingerprint density at radius 1 is 1.10 bits per heavy atom. The third kappa shape index (κ3) is 4.44. The van der Waals surface area contributed by atoms with Crippen LogP contribution < -0.4 is 4.74 Å². The van der Waals surface area contributed by atoms with Crippen LogP contribution in [-0.2, 0) is 0 Å². The first-order valence-corrected chi connectivity index (χ1v) is 8.30. The summed E-state index contributed by atoms with van der Waals surface area (Å²) in [5.41, 5.74) is 2.74. The van der Waals surface area contributed by atoms with E-state index in [1.165, 1.54) is 11.0 Å². The number of hydrogen-bond acceptors (Lipinski definition) is 1. The minimum Gasteiger partial charge on any atom is -0.490 e. The Morgan fingerprint density at radius 2 is 1.81 bits per heavy atom. The molecule has 1 aromatic rings. The molecule has 96 valence electrons. The Bertz CT molecular complexity index is 518. The van der Waals surface area contributed by atoms with Gasteiger partial charge in [0.2, 0.25) is 0 Å². The van der Waals surface area contributed by atoms with Gasteiger partial charge < -0.3 is 4.74 Å². The summed E-state index contributed by atoms with van der Waals surface area (Å²) in [5.74, 6) is 3.40. The molecule has 0 N–H and O–H groups in total. The Hall–Kier alpha value is -0.591. The number of rotatable bonds is 7. The predicted octanol–water partition coefficient (Wildman–Crippen LogP) is -4.17. The molecule has 21 heavy (non-hydrogen) atoms. The molecule has 0 aromatic heterocycles. The summed E-state index contributed by atoms with van der Waals surface area (Å²) in [4.78, 5) is 0. The number of benzene rings is 1. The number of ether oxygens (including phenoxy) is 1. The fourth-order valence-corrected chi connectivity index (χ4v) is 3.35. The average molecular weight is 264 g/mol. The van der Waals surface area contributed by atoms with Crippen molar-refractivity contribution in [2.45, 2.75) is 6.92 Å². The molecule has 0 amide bonds.